The van der Waals surface area contributed by atoms with Gasteiger partial charge in [-0.2, -0.15) is 0 Å². The zero-order chi connectivity index (χ0) is 23.2. The molecule has 1 N–H and O–H groups in total. The molecule has 0 saturated carbocycles. The molecule has 0 saturated heterocycles. The number of amides is 1. The summed E-state index contributed by atoms with van der Waals surface area (Å²) in [5.74, 6) is 1.84. The van der Waals surface area contributed by atoms with E-state index in [4.69, 9.17) is 9.47 Å². The lowest BCUT2D eigenvalue weighted by Gasteiger charge is -2.17. The number of ether oxygens (including phenoxy) is 2. The number of thiazole rings is 1. The maximum atomic E-state index is 12.6. The van der Waals surface area contributed by atoms with Crippen LogP contribution in [0.1, 0.15) is 25.8 Å². The molecule has 0 spiro atoms. The quantitative estimate of drug-likeness (QED) is 0.337. The number of aromatic nitrogens is 4. The minimum atomic E-state index is -0.414. The summed E-state index contributed by atoms with van der Waals surface area (Å²) in [7, 11) is 1.61. The van der Waals surface area contributed by atoms with Gasteiger partial charge < -0.3 is 14.8 Å². The summed E-state index contributed by atoms with van der Waals surface area (Å²) < 4.78 is 13.3. The number of rotatable bonds is 9. The number of nitrogens with zero attached hydrogens (tertiary/aromatic N) is 4. The molecule has 2 unspecified atom stereocenters. The van der Waals surface area contributed by atoms with Gasteiger partial charge >= 0.3 is 0 Å². The number of hydrogen-bond donors (Lipinski definition) is 1. The van der Waals surface area contributed by atoms with E-state index in [1.54, 1.807) is 13.3 Å². The van der Waals surface area contributed by atoms with E-state index in [0.717, 1.165) is 5.69 Å². The lowest BCUT2D eigenvalue weighted by molar-refractivity contribution is -0.115. The molecule has 0 aliphatic carbocycles. The van der Waals surface area contributed by atoms with Gasteiger partial charge in [0.25, 0.3) is 0 Å². The smallest absolute Gasteiger partial charge is 0.239 e. The number of para-hydroxylation sites is 1. The Morgan fingerprint density at radius 1 is 1.09 bits per heavy atom. The molecule has 4 aromatic rings. The predicted molar refractivity (Wildman–Crippen MR) is 129 cm³/mol. The Kier molecular flexibility index (Phi) is 7.26. The van der Waals surface area contributed by atoms with Gasteiger partial charge in [0, 0.05) is 23.3 Å². The van der Waals surface area contributed by atoms with Crippen molar-refractivity contribution in [3.05, 3.63) is 72.0 Å². The molecule has 1 amide bonds. The average molecular weight is 482 g/mol. The van der Waals surface area contributed by atoms with Crippen LogP contribution < -0.4 is 14.8 Å². The standard InChI is InChI=1S/C23H23N5O3S2/c1-15(31-19-11-7-10-18(14-19)30-3)20-26-27-23(28(20)17-8-5-4-6-9-17)33-16(2)21(29)25-22-24-12-13-32-22/h4-16H,1-3H3,(H,24,25,29). The van der Waals surface area contributed by atoms with Gasteiger partial charge in [-0.15, -0.1) is 21.5 Å². The van der Waals surface area contributed by atoms with Crippen LogP contribution in [-0.2, 0) is 4.79 Å². The highest BCUT2D eigenvalue weighted by molar-refractivity contribution is 8.00. The Morgan fingerprint density at radius 3 is 2.61 bits per heavy atom. The van der Waals surface area contributed by atoms with E-state index >= 15 is 0 Å². The second-order valence-corrected chi connectivity index (χ2v) is 9.24. The first-order chi connectivity index (χ1) is 16.0. The van der Waals surface area contributed by atoms with E-state index in [9.17, 15) is 4.79 Å². The molecule has 2 aromatic heterocycles. The van der Waals surface area contributed by atoms with Crippen LogP contribution >= 0.6 is 23.1 Å². The average Bonchev–Trinajstić information content (AvgIpc) is 3.49. The molecule has 4 rings (SSSR count). The van der Waals surface area contributed by atoms with Crippen molar-refractivity contribution in [1.29, 1.82) is 0 Å². The van der Waals surface area contributed by atoms with Crippen LogP contribution in [0.25, 0.3) is 5.69 Å². The number of hydrogen-bond acceptors (Lipinski definition) is 8. The van der Waals surface area contributed by atoms with Gasteiger partial charge in [0.2, 0.25) is 5.91 Å². The normalized spacial score (nSPS) is 12.7. The molecular weight excluding hydrogens is 458 g/mol. The van der Waals surface area contributed by atoms with Crippen molar-refractivity contribution >= 4 is 34.1 Å². The van der Waals surface area contributed by atoms with Gasteiger partial charge in [-0.05, 0) is 38.1 Å². The first kappa shape index (κ1) is 22.8. The summed E-state index contributed by atoms with van der Waals surface area (Å²) in [5, 5.41) is 14.2. The number of thioether (sulfide) groups is 1. The predicted octanol–water partition coefficient (Wildman–Crippen LogP) is 4.99. The summed E-state index contributed by atoms with van der Waals surface area (Å²) in [5.41, 5.74) is 0.883. The molecular formula is C23H23N5O3S2. The highest BCUT2D eigenvalue weighted by Gasteiger charge is 2.25. The lowest BCUT2D eigenvalue weighted by Crippen LogP contribution is -2.23. The summed E-state index contributed by atoms with van der Waals surface area (Å²) in [4.78, 5) is 16.8. The topological polar surface area (TPSA) is 91.2 Å². The van der Waals surface area contributed by atoms with Crippen molar-refractivity contribution in [1.82, 2.24) is 19.7 Å². The third-order valence-electron chi connectivity index (χ3n) is 4.70. The number of benzene rings is 2. The third-order valence-corrected chi connectivity index (χ3v) is 6.44. The van der Waals surface area contributed by atoms with Gasteiger partial charge in [0.15, 0.2) is 22.2 Å². The summed E-state index contributed by atoms with van der Waals surface area (Å²) in [6.45, 7) is 3.74. The van der Waals surface area contributed by atoms with Crippen molar-refractivity contribution in [2.24, 2.45) is 0 Å². The highest BCUT2D eigenvalue weighted by Crippen LogP contribution is 2.31. The van der Waals surface area contributed by atoms with Gasteiger partial charge in [-0.3, -0.25) is 9.36 Å². The van der Waals surface area contributed by atoms with Crippen LogP contribution in [0.4, 0.5) is 5.13 Å². The monoisotopic (exact) mass is 481 g/mol. The van der Waals surface area contributed by atoms with E-state index < -0.39 is 11.4 Å². The SMILES string of the molecule is COc1cccc(OC(C)c2nnc(SC(C)C(=O)Nc3nccs3)n2-c2ccccc2)c1. The zero-order valence-electron chi connectivity index (χ0n) is 18.3. The molecule has 0 aliphatic rings. The summed E-state index contributed by atoms with van der Waals surface area (Å²) in [6.07, 6.45) is 1.25. The molecule has 2 aromatic carbocycles. The van der Waals surface area contributed by atoms with E-state index in [1.807, 2.05) is 78.4 Å². The first-order valence-corrected chi connectivity index (χ1v) is 12.0. The summed E-state index contributed by atoms with van der Waals surface area (Å²) in [6, 6.07) is 17.2. The van der Waals surface area contributed by atoms with Crippen LogP contribution in [0.15, 0.2) is 71.3 Å². The second kappa shape index (κ2) is 10.5. The number of carbonyl (C=O) groups is 1. The minimum Gasteiger partial charge on any atom is -0.497 e. The van der Waals surface area contributed by atoms with Crippen LogP contribution in [0, 0.1) is 0 Å². The molecule has 2 atom stereocenters. The van der Waals surface area contributed by atoms with Crippen molar-refractivity contribution in [2.75, 3.05) is 12.4 Å². The molecule has 0 aliphatic heterocycles. The Balaban J connectivity index is 1.59. The Labute approximate surface area is 200 Å². The molecule has 33 heavy (non-hydrogen) atoms. The molecule has 2 heterocycles. The maximum Gasteiger partial charge on any atom is 0.239 e. The second-order valence-electron chi connectivity index (χ2n) is 7.04. The lowest BCUT2D eigenvalue weighted by atomic mass is 10.3. The maximum absolute atomic E-state index is 12.6. The molecule has 0 bridgehead atoms. The fourth-order valence-electron chi connectivity index (χ4n) is 3.08. The molecule has 170 valence electrons. The highest BCUT2D eigenvalue weighted by atomic mass is 32.2. The van der Waals surface area contributed by atoms with Gasteiger partial charge in [-0.25, -0.2) is 4.98 Å². The van der Waals surface area contributed by atoms with Gasteiger partial charge in [0.1, 0.15) is 11.5 Å². The summed E-state index contributed by atoms with van der Waals surface area (Å²) >= 11 is 2.70. The van der Waals surface area contributed by atoms with Crippen molar-refractivity contribution in [2.45, 2.75) is 30.4 Å². The fourth-order valence-corrected chi connectivity index (χ4v) is 4.48. The van der Waals surface area contributed by atoms with Crippen LogP contribution in [-0.4, -0.2) is 38.0 Å². The van der Waals surface area contributed by atoms with Crippen molar-refractivity contribution in [3.63, 3.8) is 0 Å². The van der Waals surface area contributed by atoms with Crippen LogP contribution in [0.3, 0.4) is 0 Å². The minimum absolute atomic E-state index is 0.153. The largest absolute Gasteiger partial charge is 0.497 e. The zero-order valence-corrected chi connectivity index (χ0v) is 20.0. The number of methoxy groups -OCH3 is 1. The van der Waals surface area contributed by atoms with Gasteiger partial charge in [-0.1, -0.05) is 36.0 Å². The molecule has 8 nitrogen and oxygen atoms in total. The van der Waals surface area contributed by atoms with Crippen molar-refractivity contribution < 1.29 is 14.3 Å². The Bertz CT molecular complexity index is 1200. The van der Waals surface area contributed by atoms with E-state index in [2.05, 4.69) is 20.5 Å². The Hall–Kier alpha value is -3.37. The number of anilines is 1. The number of carbonyl (C=O) groups excluding carboxylic acids is 1. The molecule has 0 fully saturated rings. The van der Waals surface area contributed by atoms with E-state index in [1.165, 1.54) is 23.1 Å². The van der Waals surface area contributed by atoms with Crippen molar-refractivity contribution in [3.8, 4) is 17.2 Å². The third kappa shape index (κ3) is 5.52. The number of nitrogens with one attached hydrogen (secondary N) is 1. The van der Waals surface area contributed by atoms with Gasteiger partial charge in [0.05, 0.1) is 12.4 Å². The molecule has 10 heteroatoms. The van der Waals surface area contributed by atoms with Crippen LogP contribution in [0.5, 0.6) is 11.5 Å². The Morgan fingerprint density at radius 2 is 1.88 bits per heavy atom. The van der Waals surface area contributed by atoms with E-state index in [-0.39, 0.29) is 5.91 Å². The fraction of sp³-hybridized carbons (Fsp3) is 0.217. The van der Waals surface area contributed by atoms with Crippen LogP contribution in [0.2, 0.25) is 0 Å². The first-order valence-electron chi connectivity index (χ1n) is 10.2. The van der Waals surface area contributed by atoms with E-state index in [0.29, 0.717) is 27.6 Å². The molecule has 0 radical (unpaired) electrons.